The molecule has 0 fully saturated rings. The van der Waals surface area contributed by atoms with Crippen molar-refractivity contribution in [1.29, 1.82) is 0 Å². The lowest BCUT2D eigenvalue weighted by molar-refractivity contribution is -0.132. The maximum Gasteiger partial charge on any atom is 0.237 e. The molecule has 0 bridgehead atoms. The Hall–Kier alpha value is -1.56. The molecule has 0 aromatic carbocycles. The van der Waals surface area contributed by atoms with E-state index in [1.165, 1.54) is 6.92 Å². The Balaban J connectivity index is 4.59. The van der Waals surface area contributed by atoms with E-state index < -0.39 is 23.8 Å². The highest BCUT2D eigenvalue weighted by Crippen LogP contribution is 2.09. The molecule has 2 radical (unpaired) electrons. The molecular formula is C14H22N2O4. The van der Waals surface area contributed by atoms with Gasteiger partial charge in [0, 0.05) is 6.42 Å². The van der Waals surface area contributed by atoms with Gasteiger partial charge >= 0.3 is 0 Å². The highest BCUT2D eigenvalue weighted by molar-refractivity contribution is 6.03. The Morgan fingerprint density at radius 3 is 2.30 bits per heavy atom. The van der Waals surface area contributed by atoms with Crippen LogP contribution >= 0.6 is 0 Å². The summed E-state index contributed by atoms with van der Waals surface area (Å²) in [4.78, 5) is 45.1. The van der Waals surface area contributed by atoms with Crippen molar-refractivity contribution in [1.82, 2.24) is 5.32 Å². The van der Waals surface area contributed by atoms with Crippen LogP contribution < -0.4 is 11.1 Å². The second-order valence-corrected chi connectivity index (χ2v) is 5.16. The zero-order valence-corrected chi connectivity index (χ0v) is 12.1. The molecular weight excluding hydrogens is 260 g/mol. The molecule has 0 aliphatic rings. The third-order valence-corrected chi connectivity index (χ3v) is 2.58. The molecule has 0 aliphatic carbocycles. The molecule has 0 spiro atoms. The van der Waals surface area contributed by atoms with Gasteiger partial charge in [0.05, 0.1) is 24.9 Å². The summed E-state index contributed by atoms with van der Waals surface area (Å²) in [6.45, 7) is 5.34. The molecule has 0 saturated heterocycles. The normalized spacial score (nSPS) is 13.7. The molecule has 2 atom stereocenters. The summed E-state index contributed by atoms with van der Waals surface area (Å²) in [7, 11) is 0. The fraction of sp³-hybridized carbons (Fsp3) is 0.643. The number of carbonyl (C=O) groups is 4. The molecule has 6 nitrogen and oxygen atoms in total. The molecule has 3 N–H and O–H groups in total. The Morgan fingerprint density at radius 1 is 1.25 bits per heavy atom. The van der Waals surface area contributed by atoms with Gasteiger partial charge in [0.25, 0.3) is 0 Å². The summed E-state index contributed by atoms with van der Waals surface area (Å²) in [6, 6.07) is -1.45. The van der Waals surface area contributed by atoms with Gasteiger partial charge in [0.2, 0.25) is 5.91 Å². The number of ketones is 2. The lowest BCUT2D eigenvalue weighted by Gasteiger charge is -2.20. The van der Waals surface area contributed by atoms with Crippen molar-refractivity contribution in [3.05, 3.63) is 6.42 Å². The summed E-state index contributed by atoms with van der Waals surface area (Å²) >= 11 is 0. The van der Waals surface area contributed by atoms with Crippen LogP contribution in [0.15, 0.2) is 0 Å². The first-order valence-electron chi connectivity index (χ1n) is 6.55. The van der Waals surface area contributed by atoms with E-state index in [1.807, 2.05) is 13.8 Å². The van der Waals surface area contributed by atoms with Crippen LogP contribution in [0.5, 0.6) is 0 Å². The molecule has 0 aliphatic heterocycles. The number of amides is 1. The van der Waals surface area contributed by atoms with Gasteiger partial charge in [-0.2, -0.15) is 0 Å². The lowest BCUT2D eigenvalue weighted by Crippen LogP contribution is -2.48. The van der Waals surface area contributed by atoms with E-state index in [0.717, 1.165) is 0 Å². The monoisotopic (exact) mass is 282 g/mol. The minimum absolute atomic E-state index is 0.181. The number of aldehydes is 1. The fourth-order valence-corrected chi connectivity index (χ4v) is 1.58. The maximum absolute atomic E-state index is 12.0. The van der Waals surface area contributed by atoms with Gasteiger partial charge in [-0.3, -0.25) is 14.4 Å². The first kappa shape index (κ1) is 18.4. The summed E-state index contributed by atoms with van der Waals surface area (Å²) in [6.07, 6.45) is 2.52. The van der Waals surface area contributed by atoms with Crippen molar-refractivity contribution in [3.63, 3.8) is 0 Å². The SMILES string of the molecule is CC(C)C[C@H](NC(=O)[C@H](C)N)C(=O)CC(=O)C[C]C=O. The average Bonchev–Trinajstić information content (AvgIpc) is 2.34. The second kappa shape index (κ2) is 9.36. The third kappa shape index (κ3) is 7.78. The van der Waals surface area contributed by atoms with Gasteiger partial charge < -0.3 is 15.8 Å². The fourth-order valence-electron chi connectivity index (χ4n) is 1.58. The van der Waals surface area contributed by atoms with Gasteiger partial charge in [-0.25, -0.2) is 0 Å². The molecule has 112 valence electrons. The molecule has 20 heavy (non-hydrogen) atoms. The first-order chi connectivity index (χ1) is 9.27. The summed E-state index contributed by atoms with van der Waals surface area (Å²) < 4.78 is 0. The van der Waals surface area contributed by atoms with Crippen LogP contribution in [0.1, 0.15) is 40.0 Å². The third-order valence-electron chi connectivity index (χ3n) is 2.58. The number of Topliss-reactive ketones (excluding diaryl/α,β-unsaturated/α-hetero) is 2. The highest BCUT2D eigenvalue weighted by Gasteiger charge is 2.24. The van der Waals surface area contributed by atoms with Crippen molar-refractivity contribution in [3.8, 4) is 0 Å². The van der Waals surface area contributed by atoms with Gasteiger partial charge in [-0.15, -0.1) is 0 Å². The van der Waals surface area contributed by atoms with Gasteiger partial charge in [-0.1, -0.05) is 13.8 Å². The maximum atomic E-state index is 12.0. The van der Waals surface area contributed by atoms with Gasteiger partial charge in [-0.05, 0) is 19.3 Å². The van der Waals surface area contributed by atoms with Crippen LogP contribution in [-0.4, -0.2) is 35.8 Å². The molecule has 0 aromatic heterocycles. The first-order valence-corrected chi connectivity index (χ1v) is 6.55. The second-order valence-electron chi connectivity index (χ2n) is 5.16. The molecule has 0 aromatic rings. The van der Waals surface area contributed by atoms with Crippen molar-refractivity contribution < 1.29 is 19.2 Å². The van der Waals surface area contributed by atoms with Crippen molar-refractivity contribution in [2.45, 2.75) is 52.1 Å². The standard InChI is InChI=1S/C14H22N2O4/c1-9(2)7-12(16-14(20)10(3)15)13(19)8-11(18)5-4-6-17/h6,9-10,12H,5,7-8,15H2,1-3H3,(H,16,20)/t10-,12-/m0/s1. The van der Waals surface area contributed by atoms with E-state index in [4.69, 9.17) is 5.73 Å². The van der Waals surface area contributed by atoms with Crippen LogP contribution in [-0.2, 0) is 19.2 Å². The number of carbonyl (C=O) groups excluding carboxylic acids is 4. The Bertz CT molecular complexity index is 364. The molecule has 0 saturated carbocycles. The van der Waals surface area contributed by atoms with Crippen molar-refractivity contribution in [2.75, 3.05) is 0 Å². The predicted octanol–water partition coefficient (Wildman–Crippen LogP) is 0.0631. The van der Waals surface area contributed by atoms with Crippen LogP contribution in [0.4, 0.5) is 0 Å². The number of nitrogens with two attached hydrogens (primary N) is 1. The Kier molecular flexibility index (Phi) is 8.63. The Labute approximate surface area is 119 Å². The summed E-state index contributed by atoms with van der Waals surface area (Å²) in [5, 5.41) is 2.55. The molecule has 1 amide bonds. The molecule has 0 rings (SSSR count). The number of rotatable bonds is 10. The minimum Gasteiger partial charge on any atom is -0.345 e. The van der Waals surface area contributed by atoms with Crippen LogP contribution in [0.3, 0.4) is 0 Å². The summed E-state index contributed by atoms with van der Waals surface area (Å²) in [5.41, 5.74) is 5.44. The van der Waals surface area contributed by atoms with Crippen molar-refractivity contribution in [2.24, 2.45) is 11.7 Å². The zero-order valence-electron chi connectivity index (χ0n) is 12.1. The number of hydrogen-bond acceptors (Lipinski definition) is 5. The van der Waals surface area contributed by atoms with Crippen molar-refractivity contribution >= 4 is 23.8 Å². The smallest absolute Gasteiger partial charge is 0.237 e. The van der Waals surface area contributed by atoms with E-state index in [1.54, 1.807) is 0 Å². The van der Waals surface area contributed by atoms with Gasteiger partial charge in [0.1, 0.15) is 12.1 Å². The molecule has 0 unspecified atom stereocenters. The highest BCUT2D eigenvalue weighted by atomic mass is 16.2. The predicted molar refractivity (Wildman–Crippen MR) is 73.6 cm³/mol. The van der Waals surface area contributed by atoms with Gasteiger partial charge in [0.15, 0.2) is 5.78 Å². The number of nitrogens with one attached hydrogen (secondary N) is 1. The lowest BCUT2D eigenvalue weighted by atomic mass is 9.96. The largest absolute Gasteiger partial charge is 0.345 e. The van der Waals surface area contributed by atoms with Crippen LogP contribution in [0, 0.1) is 12.3 Å². The topological polar surface area (TPSA) is 106 Å². The zero-order chi connectivity index (χ0) is 15.7. The van der Waals surface area contributed by atoms with E-state index >= 15 is 0 Å². The average molecular weight is 282 g/mol. The molecule has 6 heteroatoms. The van der Waals surface area contributed by atoms with Crippen LogP contribution in [0.25, 0.3) is 0 Å². The van der Waals surface area contributed by atoms with E-state index in [-0.39, 0.29) is 24.5 Å². The molecule has 0 heterocycles. The summed E-state index contributed by atoms with van der Waals surface area (Å²) in [5.74, 6) is -1.01. The van der Waals surface area contributed by atoms with Crippen LogP contribution in [0.2, 0.25) is 0 Å². The minimum atomic E-state index is -0.728. The van der Waals surface area contributed by atoms with E-state index in [0.29, 0.717) is 12.7 Å². The Morgan fingerprint density at radius 2 is 1.85 bits per heavy atom. The van der Waals surface area contributed by atoms with E-state index in [9.17, 15) is 19.2 Å². The quantitative estimate of drug-likeness (QED) is 0.435. The van der Waals surface area contributed by atoms with E-state index in [2.05, 4.69) is 11.7 Å². The number of hydrogen-bond donors (Lipinski definition) is 2.